The topological polar surface area (TPSA) is 69.7 Å². The Morgan fingerprint density at radius 2 is 1.69 bits per heavy atom. The molecule has 0 atom stereocenters. The van der Waals surface area contributed by atoms with Gasteiger partial charge in [0.25, 0.3) is 5.91 Å². The lowest BCUT2D eigenvalue weighted by molar-refractivity contribution is 0.0999. The Hall–Kier alpha value is -3.41. The summed E-state index contributed by atoms with van der Waals surface area (Å²) in [5.74, 6) is 1.19. The van der Waals surface area contributed by atoms with E-state index in [0.717, 1.165) is 53.5 Å². The van der Waals surface area contributed by atoms with Gasteiger partial charge in [-0.25, -0.2) is 0 Å². The summed E-state index contributed by atoms with van der Waals surface area (Å²) in [5.41, 5.74) is 11.3. The number of carbonyl (C=O) groups is 1. The molecule has 1 aromatic heterocycles. The predicted molar refractivity (Wildman–Crippen MR) is 130 cm³/mol. The molecule has 170 valence electrons. The number of aromatic nitrogens is 1. The second-order valence-electron chi connectivity index (χ2n) is 7.69. The number of aryl methyl sites for hydroxylation is 1. The van der Waals surface area contributed by atoms with Crippen LogP contribution < -0.4 is 20.1 Å². The zero-order valence-electron chi connectivity index (χ0n) is 19.6. The Labute approximate surface area is 190 Å². The van der Waals surface area contributed by atoms with Gasteiger partial charge in [-0.05, 0) is 74.7 Å². The van der Waals surface area contributed by atoms with Crippen LogP contribution in [0.2, 0.25) is 0 Å². The van der Waals surface area contributed by atoms with E-state index in [1.54, 1.807) is 14.2 Å². The molecule has 0 radical (unpaired) electrons. The van der Waals surface area contributed by atoms with E-state index in [9.17, 15) is 4.79 Å². The first-order valence-electron chi connectivity index (χ1n) is 11.0. The molecule has 0 aliphatic rings. The zero-order valence-corrected chi connectivity index (χ0v) is 19.6. The fourth-order valence-corrected chi connectivity index (χ4v) is 4.16. The molecule has 3 rings (SSSR count). The van der Waals surface area contributed by atoms with Gasteiger partial charge in [0.15, 0.2) is 0 Å². The van der Waals surface area contributed by atoms with E-state index in [-0.39, 0.29) is 0 Å². The maximum Gasteiger partial charge on any atom is 0.250 e. The summed E-state index contributed by atoms with van der Waals surface area (Å²) in [5, 5.41) is 0. The standard InChI is InChI=1S/C26H33N3O3/c1-6-28(7-2)21-10-8-19(9-11-21)24-17-23(26(27)30)18(3)29(24)15-14-20-16-22(31-4)12-13-25(20)32-5/h8-13,16-17H,6-7,14-15H2,1-5H3,(H2,27,30). The van der Waals surface area contributed by atoms with Crippen LogP contribution in [0, 0.1) is 6.92 Å². The first-order chi connectivity index (χ1) is 15.4. The zero-order chi connectivity index (χ0) is 23.3. The number of anilines is 1. The van der Waals surface area contributed by atoms with E-state index < -0.39 is 5.91 Å². The molecule has 0 bridgehead atoms. The smallest absolute Gasteiger partial charge is 0.250 e. The lowest BCUT2D eigenvalue weighted by Gasteiger charge is -2.21. The van der Waals surface area contributed by atoms with Gasteiger partial charge >= 0.3 is 0 Å². The van der Waals surface area contributed by atoms with Crippen LogP contribution in [0.4, 0.5) is 5.69 Å². The van der Waals surface area contributed by atoms with Crippen LogP contribution in [-0.2, 0) is 13.0 Å². The summed E-state index contributed by atoms with van der Waals surface area (Å²) in [4.78, 5) is 14.4. The summed E-state index contributed by atoms with van der Waals surface area (Å²) in [6.45, 7) is 8.83. The molecule has 1 amide bonds. The first kappa shape index (κ1) is 23.3. The van der Waals surface area contributed by atoms with Gasteiger partial charge in [-0.2, -0.15) is 0 Å². The van der Waals surface area contributed by atoms with Crippen molar-refractivity contribution in [3.8, 4) is 22.8 Å². The fourth-order valence-electron chi connectivity index (χ4n) is 4.16. The lowest BCUT2D eigenvalue weighted by atomic mass is 10.1. The molecule has 0 aliphatic heterocycles. The van der Waals surface area contributed by atoms with Crippen molar-refractivity contribution < 1.29 is 14.3 Å². The van der Waals surface area contributed by atoms with Gasteiger partial charge in [-0.15, -0.1) is 0 Å². The number of primary amides is 1. The van der Waals surface area contributed by atoms with Gasteiger partial charge in [0.05, 0.1) is 19.8 Å². The van der Waals surface area contributed by atoms with Crippen molar-refractivity contribution in [3.63, 3.8) is 0 Å². The van der Waals surface area contributed by atoms with Gasteiger partial charge in [0.1, 0.15) is 11.5 Å². The Morgan fingerprint density at radius 3 is 2.25 bits per heavy atom. The van der Waals surface area contributed by atoms with Gasteiger partial charge in [0.2, 0.25) is 0 Å². The molecule has 2 N–H and O–H groups in total. The maximum absolute atomic E-state index is 12.1. The third kappa shape index (κ3) is 4.74. The summed E-state index contributed by atoms with van der Waals surface area (Å²) >= 11 is 0. The van der Waals surface area contributed by atoms with E-state index in [2.05, 4.69) is 47.6 Å². The fraction of sp³-hybridized carbons (Fsp3) is 0.346. The number of methoxy groups -OCH3 is 2. The molecule has 3 aromatic rings. The lowest BCUT2D eigenvalue weighted by Crippen LogP contribution is -2.21. The number of hydrogen-bond donors (Lipinski definition) is 1. The van der Waals surface area contributed by atoms with Crippen molar-refractivity contribution in [1.29, 1.82) is 0 Å². The summed E-state index contributed by atoms with van der Waals surface area (Å²) in [7, 11) is 3.32. The minimum absolute atomic E-state index is 0.416. The maximum atomic E-state index is 12.1. The van der Waals surface area contributed by atoms with Crippen molar-refractivity contribution in [1.82, 2.24) is 4.57 Å². The minimum atomic E-state index is -0.416. The third-order valence-corrected chi connectivity index (χ3v) is 6.02. The second-order valence-corrected chi connectivity index (χ2v) is 7.69. The van der Waals surface area contributed by atoms with E-state index in [0.29, 0.717) is 12.1 Å². The van der Waals surface area contributed by atoms with Crippen molar-refractivity contribution in [2.45, 2.75) is 33.7 Å². The number of carbonyl (C=O) groups excluding carboxylic acids is 1. The molecule has 0 saturated heterocycles. The highest BCUT2D eigenvalue weighted by Crippen LogP contribution is 2.30. The highest BCUT2D eigenvalue weighted by molar-refractivity contribution is 5.95. The van der Waals surface area contributed by atoms with Crippen LogP contribution in [0.25, 0.3) is 11.3 Å². The van der Waals surface area contributed by atoms with Crippen molar-refractivity contribution in [2.24, 2.45) is 5.73 Å². The average Bonchev–Trinajstić information content (AvgIpc) is 3.15. The average molecular weight is 436 g/mol. The summed E-state index contributed by atoms with van der Waals surface area (Å²) < 4.78 is 13.1. The van der Waals surface area contributed by atoms with Crippen LogP contribution in [0.15, 0.2) is 48.5 Å². The molecular weight excluding hydrogens is 402 g/mol. The molecule has 0 saturated carbocycles. The molecule has 0 unspecified atom stereocenters. The minimum Gasteiger partial charge on any atom is -0.497 e. The Morgan fingerprint density at radius 1 is 1.00 bits per heavy atom. The largest absolute Gasteiger partial charge is 0.497 e. The van der Waals surface area contributed by atoms with Crippen molar-refractivity contribution >= 4 is 11.6 Å². The number of nitrogens with two attached hydrogens (primary N) is 1. The number of amides is 1. The molecule has 6 nitrogen and oxygen atoms in total. The molecular formula is C26H33N3O3. The van der Waals surface area contributed by atoms with Crippen molar-refractivity contribution in [3.05, 3.63) is 65.4 Å². The molecule has 0 aliphatic carbocycles. The first-order valence-corrected chi connectivity index (χ1v) is 11.0. The number of rotatable bonds is 10. The number of hydrogen-bond acceptors (Lipinski definition) is 4. The Bertz CT molecular complexity index is 1070. The molecule has 0 fully saturated rings. The van der Waals surface area contributed by atoms with Gasteiger partial charge in [0, 0.05) is 36.7 Å². The number of ether oxygens (including phenoxy) is 2. The van der Waals surface area contributed by atoms with Crippen LogP contribution in [-0.4, -0.2) is 37.8 Å². The normalized spacial score (nSPS) is 10.8. The highest BCUT2D eigenvalue weighted by atomic mass is 16.5. The van der Waals surface area contributed by atoms with Gasteiger partial charge < -0.3 is 24.7 Å². The third-order valence-electron chi connectivity index (χ3n) is 6.02. The number of nitrogens with zero attached hydrogens (tertiary/aromatic N) is 2. The number of benzene rings is 2. The Kier molecular flexibility index (Phi) is 7.46. The summed E-state index contributed by atoms with van der Waals surface area (Å²) in [6.07, 6.45) is 0.721. The van der Waals surface area contributed by atoms with Gasteiger partial charge in [-0.1, -0.05) is 12.1 Å². The van der Waals surface area contributed by atoms with Crippen LogP contribution in [0.5, 0.6) is 11.5 Å². The van der Waals surface area contributed by atoms with Crippen LogP contribution in [0.1, 0.15) is 35.5 Å². The van der Waals surface area contributed by atoms with E-state index >= 15 is 0 Å². The molecule has 0 spiro atoms. The highest BCUT2D eigenvalue weighted by Gasteiger charge is 2.18. The van der Waals surface area contributed by atoms with E-state index in [4.69, 9.17) is 15.2 Å². The van der Waals surface area contributed by atoms with E-state index in [1.807, 2.05) is 31.2 Å². The summed E-state index contributed by atoms with van der Waals surface area (Å²) in [6, 6.07) is 16.2. The molecule has 1 heterocycles. The van der Waals surface area contributed by atoms with Crippen LogP contribution >= 0.6 is 0 Å². The molecule has 2 aromatic carbocycles. The second kappa shape index (κ2) is 10.3. The monoisotopic (exact) mass is 435 g/mol. The predicted octanol–water partition coefficient (Wildman–Crippen LogP) is 4.67. The Balaban J connectivity index is 1.97. The van der Waals surface area contributed by atoms with Crippen LogP contribution in [0.3, 0.4) is 0 Å². The van der Waals surface area contributed by atoms with Gasteiger partial charge in [-0.3, -0.25) is 4.79 Å². The molecule has 6 heteroatoms. The van der Waals surface area contributed by atoms with E-state index in [1.165, 1.54) is 5.69 Å². The quantitative estimate of drug-likeness (QED) is 0.502. The molecule has 32 heavy (non-hydrogen) atoms. The SMILES string of the molecule is CCN(CC)c1ccc(-c2cc(C(N)=O)c(C)n2CCc2cc(OC)ccc2OC)cc1. The van der Waals surface area contributed by atoms with Crippen molar-refractivity contribution in [2.75, 3.05) is 32.2 Å².